The summed E-state index contributed by atoms with van der Waals surface area (Å²) in [5.41, 5.74) is 0.914. The van der Waals surface area contributed by atoms with Gasteiger partial charge >= 0.3 is 0 Å². The fourth-order valence-electron chi connectivity index (χ4n) is 3.27. The Morgan fingerprint density at radius 3 is 2.19 bits per heavy atom. The average Bonchev–Trinajstić information content (AvgIpc) is 2.54. The Labute approximate surface area is 164 Å². The number of hydrogen-bond acceptors (Lipinski definition) is 2. The summed E-state index contributed by atoms with van der Waals surface area (Å²) in [6.45, 7) is 4.51. The van der Waals surface area contributed by atoms with Crippen molar-refractivity contribution in [2.24, 2.45) is 5.92 Å². The van der Waals surface area contributed by atoms with Crippen LogP contribution in [0, 0.1) is 11.7 Å². The van der Waals surface area contributed by atoms with E-state index in [-0.39, 0.29) is 11.7 Å². The van der Waals surface area contributed by atoms with Crippen molar-refractivity contribution in [3.8, 4) is 0 Å². The maximum atomic E-state index is 13.2. The van der Waals surface area contributed by atoms with Crippen LogP contribution in [0.1, 0.15) is 25.0 Å². The fourth-order valence-corrected chi connectivity index (χ4v) is 3.80. The normalized spacial score (nSPS) is 15.8. The third kappa shape index (κ3) is 4.86. The van der Waals surface area contributed by atoms with E-state index < -0.39 is 5.60 Å². The molecule has 1 N–H and O–H groups in total. The average molecular weight is 396 g/mol. The van der Waals surface area contributed by atoms with Gasteiger partial charge in [-0.15, -0.1) is 0 Å². The molecule has 0 heterocycles. The summed E-state index contributed by atoms with van der Waals surface area (Å²) in [5, 5.41) is 12.7. The molecular formula is C21H24Cl2FNO. The number of rotatable bonds is 6. The van der Waals surface area contributed by atoms with Crippen molar-refractivity contribution < 1.29 is 9.50 Å². The molecule has 2 aromatic carbocycles. The Balaban J connectivity index is 2.57. The zero-order valence-corrected chi connectivity index (χ0v) is 16.9. The number of aliphatic hydroxyl groups is 1. The van der Waals surface area contributed by atoms with Crippen molar-refractivity contribution in [3.05, 3.63) is 75.0 Å². The van der Waals surface area contributed by atoms with Gasteiger partial charge in [0.2, 0.25) is 0 Å². The molecule has 0 amide bonds. The van der Waals surface area contributed by atoms with Crippen LogP contribution in [0.3, 0.4) is 0 Å². The second-order valence-electron chi connectivity index (χ2n) is 6.97. The smallest absolute Gasteiger partial charge is 0.123 e. The van der Waals surface area contributed by atoms with E-state index in [0.29, 0.717) is 22.2 Å². The molecule has 0 saturated heterocycles. The van der Waals surface area contributed by atoms with Crippen LogP contribution in [0.15, 0.2) is 48.0 Å². The van der Waals surface area contributed by atoms with E-state index in [9.17, 15) is 9.50 Å². The Kier molecular flexibility index (Phi) is 6.86. The number of hydrogen-bond donors (Lipinski definition) is 1. The topological polar surface area (TPSA) is 23.5 Å². The molecular weight excluding hydrogens is 372 g/mol. The third-order valence-corrected chi connectivity index (χ3v) is 4.95. The summed E-state index contributed by atoms with van der Waals surface area (Å²) in [4.78, 5) is 2.02. The highest BCUT2D eigenvalue weighted by Gasteiger charge is 2.38. The third-order valence-electron chi connectivity index (χ3n) is 4.51. The van der Waals surface area contributed by atoms with Gasteiger partial charge in [-0.1, -0.05) is 48.3 Å². The maximum absolute atomic E-state index is 13.2. The maximum Gasteiger partial charge on any atom is 0.123 e. The molecule has 0 aliphatic carbocycles. The molecule has 26 heavy (non-hydrogen) atoms. The molecule has 0 fully saturated rings. The van der Waals surface area contributed by atoms with Gasteiger partial charge in [0.15, 0.2) is 0 Å². The van der Waals surface area contributed by atoms with Crippen LogP contribution in [-0.2, 0) is 5.60 Å². The van der Waals surface area contributed by atoms with E-state index in [1.165, 1.54) is 12.1 Å². The Bertz CT molecular complexity index is 769. The van der Waals surface area contributed by atoms with Gasteiger partial charge in [-0.05, 0) is 68.1 Å². The highest BCUT2D eigenvalue weighted by molar-refractivity contribution is 6.34. The van der Waals surface area contributed by atoms with E-state index >= 15 is 0 Å². The zero-order chi connectivity index (χ0) is 19.5. The molecule has 140 valence electrons. The fraction of sp³-hybridized carbons (Fsp3) is 0.333. The number of halogens is 3. The molecule has 2 unspecified atom stereocenters. The first-order chi connectivity index (χ1) is 12.1. The first kappa shape index (κ1) is 20.9. The van der Waals surface area contributed by atoms with Crippen molar-refractivity contribution in [1.29, 1.82) is 0 Å². The predicted molar refractivity (Wildman–Crippen MR) is 108 cm³/mol. The molecule has 2 rings (SSSR count). The van der Waals surface area contributed by atoms with E-state index in [4.69, 9.17) is 23.2 Å². The van der Waals surface area contributed by atoms with E-state index in [2.05, 4.69) is 0 Å². The number of benzene rings is 2. The van der Waals surface area contributed by atoms with Gasteiger partial charge in [-0.3, -0.25) is 0 Å². The second kappa shape index (κ2) is 8.53. The molecule has 0 bridgehead atoms. The summed E-state index contributed by atoms with van der Waals surface area (Å²) in [6, 6.07) is 11.3. The summed E-state index contributed by atoms with van der Waals surface area (Å²) in [5.74, 6) is -0.429. The van der Waals surface area contributed by atoms with E-state index in [0.717, 1.165) is 11.1 Å². The highest BCUT2D eigenvalue weighted by Crippen LogP contribution is 2.40. The number of nitrogens with zero attached hydrogens (tertiary/aromatic N) is 1. The second-order valence-corrected chi connectivity index (χ2v) is 7.84. The minimum absolute atomic E-state index is 0.135. The Hall–Kier alpha value is -1.39. The highest BCUT2D eigenvalue weighted by atomic mass is 35.5. The minimum atomic E-state index is -1.27. The van der Waals surface area contributed by atoms with Crippen molar-refractivity contribution >= 4 is 29.3 Å². The molecule has 2 aromatic rings. The van der Waals surface area contributed by atoms with Crippen LogP contribution < -0.4 is 0 Å². The van der Waals surface area contributed by atoms with Gasteiger partial charge in [-0.2, -0.15) is 0 Å². The van der Waals surface area contributed by atoms with Gasteiger partial charge < -0.3 is 10.0 Å². The van der Waals surface area contributed by atoms with Gasteiger partial charge in [-0.25, -0.2) is 4.39 Å². The van der Waals surface area contributed by atoms with Crippen LogP contribution >= 0.6 is 23.2 Å². The molecule has 0 aromatic heterocycles. The van der Waals surface area contributed by atoms with Gasteiger partial charge in [0, 0.05) is 22.5 Å². The van der Waals surface area contributed by atoms with Crippen LogP contribution in [0.4, 0.5) is 4.39 Å². The van der Waals surface area contributed by atoms with Gasteiger partial charge in [0.25, 0.3) is 0 Å². The quantitative estimate of drug-likeness (QED) is 0.685. The SMILES string of the molecule is C/C(=C/c1ccc(F)cc1)C(O)(c1cc(Cl)cc(Cl)c1)C(C)CN(C)C. The van der Waals surface area contributed by atoms with Gasteiger partial charge in [0.1, 0.15) is 11.4 Å². The lowest BCUT2D eigenvalue weighted by atomic mass is 9.76. The van der Waals surface area contributed by atoms with Crippen LogP contribution in [-0.4, -0.2) is 30.6 Å². The first-order valence-electron chi connectivity index (χ1n) is 8.41. The van der Waals surface area contributed by atoms with E-state index in [1.807, 2.05) is 38.9 Å². The molecule has 2 nitrogen and oxygen atoms in total. The molecule has 5 heteroatoms. The molecule has 0 saturated carbocycles. The van der Waals surface area contributed by atoms with Crippen LogP contribution in [0.5, 0.6) is 0 Å². The summed E-state index contributed by atoms with van der Waals surface area (Å²) < 4.78 is 13.2. The largest absolute Gasteiger partial charge is 0.380 e. The van der Waals surface area contributed by atoms with Crippen molar-refractivity contribution in [3.63, 3.8) is 0 Å². The first-order valence-corrected chi connectivity index (χ1v) is 9.16. The minimum Gasteiger partial charge on any atom is -0.380 e. The predicted octanol–water partition coefficient (Wildman–Crippen LogP) is 5.62. The van der Waals surface area contributed by atoms with Gasteiger partial charge in [0.05, 0.1) is 0 Å². The lowest BCUT2D eigenvalue weighted by Gasteiger charge is -2.37. The van der Waals surface area contributed by atoms with Crippen molar-refractivity contribution in [2.45, 2.75) is 19.4 Å². The molecule has 0 aliphatic rings. The Morgan fingerprint density at radius 2 is 1.69 bits per heavy atom. The summed E-state index contributed by atoms with van der Waals surface area (Å²) in [7, 11) is 3.92. The van der Waals surface area contributed by atoms with Crippen LogP contribution in [0.2, 0.25) is 10.0 Å². The monoisotopic (exact) mass is 395 g/mol. The lowest BCUT2D eigenvalue weighted by Crippen LogP contribution is -2.40. The Morgan fingerprint density at radius 1 is 1.15 bits per heavy atom. The molecule has 2 atom stereocenters. The molecule has 0 aliphatic heterocycles. The summed E-state index contributed by atoms with van der Waals surface area (Å²) >= 11 is 12.4. The molecule has 0 spiro atoms. The standard InChI is InChI=1S/C21H24Cl2FNO/c1-14(9-16-5-7-20(24)8-6-16)21(26,15(2)13-25(3)4)17-10-18(22)12-19(23)11-17/h5-12,15,26H,13H2,1-4H3/b14-9-. The zero-order valence-electron chi connectivity index (χ0n) is 15.4. The molecule has 0 radical (unpaired) electrons. The van der Waals surface area contributed by atoms with E-state index in [1.54, 1.807) is 30.3 Å². The van der Waals surface area contributed by atoms with Crippen molar-refractivity contribution in [2.75, 3.05) is 20.6 Å². The van der Waals surface area contributed by atoms with Crippen molar-refractivity contribution in [1.82, 2.24) is 4.90 Å². The summed E-state index contributed by atoms with van der Waals surface area (Å²) in [6.07, 6.45) is 1.86. The van der Waals surface area contributed by atoms with Crippen LogP contribution in [0.25, 0.3) is 6.08 Å². The lowest BCUT2D eigenvalue weighted by molar-refractivity contribution is 0.0105.